The number of imide groups is 2. The molecule has 196 valence electrons. The summed E-state index contributed by atoms with van der Waals surface area (Å²) in [6.07, 6.45) is 2.88. The minimum atomic E-state index is -1.91. The van der Waals surface area contributed by atoms with Crippen molar-refractivity contribution in [1.82, 2.24) is 4.90 Å². The number of aromatic hydroxyl groups is 1. The normalized spacial score (nSPS) is 34.3. The lowest BCUT2D eigenvalue weighted by Gasteiger charge is -2.50. The van der Waals surface area contributed by atoms with Gasteiger partial charge in [-0.3, -0.25) is 29.0 Å². The van der Waals surface area contributed by atoms with Crippen molar-refractivity contribution in [3.05, 3.63) is 71.3 Å². The Bertz CT molecular complexity index is 1440. The van der Waals surface area contributed by atoms with Gasteiger partial charge in [-0.05, 0) is 48.9 Å². The van der Waals surface area contributed by atoms with E-state index in [2.05, 4.69) is 0 Å². The van der Waals surface area contributed by atoms with Gasteiger partial charge in [-0.25, -0.2) is 0 Å². The molecular formula is C29H26Cl2N2O5. The second kappa shape index (κ2) is 8.42. The Morgan fingerprint density at radius 3 is 2.29 bits per heavy atom. The summed E-state index contributed by atoms with van der Waals surface area (Å²) in [5.74, 6) is -5.04. The predicted molar refractivity (Wildman–Crippen MR) is 142 cm³/mol. The second-order valence-corrected chi connectivity index (χ2v) is 11.8. The summed E-state index contributed by atoms with van der Waals surface area (Å²) in [5.41, 5.74) is 2.59. The molecule has 2 saturated heterocycles. The van der Waals surface area contributed by atoms with Crippen molar-refractivity contribution in [2.75, 3.05) is 11.9 Å². The van der Waals surface area contributed by atoms with Gasteiger partial charge in [0.05, 0.1) is 17.5 Å². The molecule has 0 radical (unpaired) electrons. The number of nitrogens with zero attached hydrogens (tertiary/aromatic N) is 2. The van der Waals surface area contributed by atoms with Gasteiger partial charge < -0.3 is 5.11 Å². The fourth-order valence-corrected chi connectivity index (χ4v) is 7.97. The molecule has 3 fully saturated rings. The molecule has 2 aliphatic carbocycles. The number of halogens is 2. The molecule has 6 rings (SSSR count). The summed E-state index contributed by atoms with van der Waals surface area (Å²) >= 11 is 14.2. The second-order valence-electron chi connectivity index (χ2n) is 10.6. The number of para-hydroxylation sites is 1. The van der Waals surface area contributed by atoms with Crippen molar-refractivity contribution in [1.29, 1.82) is 0 Å². The maximum Gasteiger partial charge on any atom is 0.253 e. The predicted octanol–water partition coefficient (Wildman–Crippen LogP) is 4.15. The zero-order chi connectivity index (χ0) is 27.1. The van der Waals surface area contributed by atoms with Gasteiger partial charge in [0.2, 0.25) is 11.8 Å². The smallest absolute Gasteiger partial charge is 0.253 e. The maximum absolute atomic E-state index is 13.9. The van der Waals surface area contributed by atoms with Crippen LogP contribution in [-0.4, -0.2) is 50.4 Å². The van der Waals surface area contributed by atoms with Gasteiger partial charge in [0.1, 0.15) is 5.75 Å². The Labute approximate surface area is 230 Å². The van der Waals surface area contributed by atoms with Gasteiger partial charge >= 0.3 is 0 Å². The number of anilines is 1. The minimum absolute atomic E-state index is 0.0777. The van der Waals surface area contributed by atoms with Crippen molar-refractivity contribution in [2.24, 2.45) is 17.8 Å². The number of hydrogen-bond acceptors (Lipinski definition) is 5. The maximum atomic E-state index is 13.9. The van der Waals surface area contributed by atoms with Gasteiger partial charge in [-0.1, -0.05) is 48.9 Å². The number of allylic oxidation sites excluding steroid dienone is 2. The number of phenolic OH excluding ortho intramolecular Hbond substituents is 1. The van der Waals surface area contributed by atoms with E-state index in [1.54, 1.807) is 30.3 Å². The Morgan fingerprint density at radius 2 is 1.63 bits per heavy atom. The first-order valence-corrected chi connectivity index (χ1v) is 13.5. The number of carbonyl (C=O) groups is 4. The van der Waals surface area contributed by atoms with Crippen LogP contribution in [0.25, 0.3) is 0 Å². The molecule has 0 unspecified atom stereocenters. The molecule has 1 N–H and O–H groups in total. The molecule has 0 spiro atoms. The summed E-state index contributed by atoms with van der Waals surface area (Å²) in [7, 11) is 1.34. The SMILES string of the molecule is CCc1ccc(N2C(=O)[C@H]3[C@H](CC=C4[C@H]3C[C@@]3(Cl)C(=O)N(C)C(=O)[C@@]3(Cl)[C@H]4c3ccccc3O)C2=O)cc1. The van der Waals surface area contributed by atoms with Crippen molar-refractivity contribution < 1.29 is 24.3 Å². The minimum Gasteiger partial charge on any atom is -0.508 e. The lowest BCUT2D eigenvalue weighted by atomic mass is 9.56. The van der Waals surface area contributed by atoms with E-state index in [1.165, 1.54) is 18.0 Å². The fraction of sp³-hybridized carbons (Fsp3) is 0.379. The topological polar surface area (TPSA) is 95.0 Å². The Balaban J connectivity index is 1.50. The van der Waals surface area contributed by atoms with Crippen LogP contribution in [0, 0.1) is 17.8 Å². The van der Waals surface area contributed by atoms with E-state index < -0.39 is 45.2 Å². The van der Waals surface area contributed by atoms with Gasteiger partial charge in [0.15, 0.2) is 9.75 Å². The van der Waals surface area contributed by atoms with Crippen molar-refractivity contribution >= 4 is 52.5 Å². The number of alkyl halides is 2. The van der Waals surface area contributed by atoms with E-state index in [9.17, 15) is 24.3 Å². The van der Waals surface area contributed by atoms with Crippen LogP contribution >= 0.6 is 23.2 Å². The largest absolute Gasteiger partial charge is 0.508 e. The molecule has 0 aromatic heterocycles. The average Bonchev–Trinajstić information content (AvgIpc) is 3.24. The average molecular weight is 553 g/mol. The molecule has 4 amide bonds. The molecule has 6 atom stereocenters. The number of rotatable bonds is 3. The summed E-state index contributed by atoms with van der Waals surface area (Å²) in [4.78, 5) is 52.9. The lowest BCUT2D eigenvalue weighted by Crippen LogP contribution is -2.60. The summed E-state index contributed by atoms with van der Waals surface area (Å²) in [5, 5.41) is 10.8. The van der Waals surface area contributed by atoms with E-state index in [0.717, 1.165) is 16.9 Å². The first-order valence-electron chi connectivity index (χ1n) is 12.7. The fourth-order valence-electron chi connectivity index (χ4n) is 6.96. The zero-order valence-electron chi connectivity index (χ0n) is 20.9. The first-order chi connectivity index (χ1) is 18.1. The molecule has 38 heavy (non-hydrogen) atoms. The molecular weight excluding hydrogens is 527 g/mol. The van der Waals surface area contributed by atoms with E-state index >= 15 is 0 Å². The van der Waals surface area contributed by atoms with Crippen LogP contribution in [0.5, 0.6) is 5.75 Å². The summed E-state index contributed by atoms with van der Waals surface area (Å²) < 4.78 is 0. The molecule has 2 aromatic carbocycles. The quantitative estimate of drug-likeness (QED) is 0.350. The van der Waals surface area contributed by atoms with Gasteiger partial charge in [-0.15, -0.1) is 23.2 Å². The summed E-state index contributed by atoms with van der Waals surface area (Å²) in [6.45, 7) is 2.03. The van der Waals surface area contributed by atoms with Crippen molar-refractivity contribution in [3.63, 3.8) is 0 Å². The number of likely N-dealkylation sites (tertiary alicyclic amines) is 1. The molecule has 7 nitrogen and oxygen atoms in total. The van der Waals surface area contributed by atoms with Crippen LogP contribution in [0.4, 0.5) is 5.69 Å². The Hall–Kier alpha value is -3.16. The molecule has 2 aromatic rings. The molecule has 2 heterocycles. The Morgan fingerprint density at radius 1 is 0.947 bits per heavy atom. The zero-order valence-corrected chi connectivity index (χ0v) is 22.4. The number of fused-ring (bicyclic) bond motifs is 4. The molecule has 0 bridgehead atoms. The monoisotopic (exact) mass is 552 g/mol. The van der Waals surface area contributed by atoms with E-state index in [1.807, 2.05) is 25.1 Å². The van der Waals surface area contributed by atoms with Gasteiger partial charge in [0, 0.05) is 18.5 Å². The standard InChI is InChI=1S/C29H26Cl2N2O5/c1-3-15-8-10-16(11-9-15)33-24(35)19-13-12-17-20(22(19)25(33)36)14-28(30)26(37)32(2)27(38)29(28,31)23(17)18-6-4-5-7-21(18)34/h4-12,19-20,22-23,34H,3,13-14H2,1-2H3/t19-,20+,22-,23+,28+,29-/m0/s1. The van der Waals surface area contributed by atoms with E-state index in [-0.39, 0.29) is 30.4 Å². The van der Waals surface area contributed by atoms with Crippen LogP contribution in [-0.2, 0) is 25.6 Å². The third-order valence-corrected chi connectivity index (χ3v) is 10.3. The number of benzene rings is 2. The number of hydrogen-bond donors (Lipinski definition) is 1. The van der Waals surface area contributed by atoms with Crippen LogP contribution in [0.1, 0.15) is 36.8 Å². The van der Waals surface area contributed by atoms with Crippen LogP contribution in [0.15, 0.2) is 60.2 Å². The number of aryl methyl sites for hydroxylation is 1. The first kappa shape index (κ1) is 25.1. The third kappa shape index (κ3) is 3.03. The molecule has 2 aliphatic heterocycles. The summed E-state index contributed by atoms with van der Waals surface area (Å²) in [6, 6.07) is 13.8. The van der Waals surface area contributed by atoms with Gasteiger partial charge in [-0.2, -0.15) is 0 Å². The molecule has 1 saturated carbocycles. The van der Waals surface area contributed by atoms with E-state index in [0.29, 0.717) is 16.8 Å². The van der Waals surface area contributed by atoms with E-state index in [4.69, 9.17) is 23.2 Å². The van der Waals surface area contributed by atoms with Gasteiger partial charge in [0.25, 0.3) is 11.8 Å². The van der Waals surface area contributed by atoms with Crippen LogP contribution < -0.4 is 4.90 Å². The van der Waals surface area contributed by atoms with Crippen molar-refractivity contribution in [3.8, 4) is 5.75 Å². The number of amides is 4. The van der Waals surface area contributed by atoms with Crippen LogP contribution in [0.2, 0.25) is 0 Å². The lowest BCUT2D eigenvalue weighted by molar-refractivity contribution is -0.138. The highest BCUT2D eigenvalue weighted by atomic mass is 35.5. The highest BCUT2D eigenvalue weighted by Crippen LogP contribution is 2.66. The highest BCUT2D eigenvalue weighted by molar-refractivity contribution is 6.53. The van der Waals surface area contributed by atoms with Crippen LogP contribution in [0.3, 0.4) is 0 Å². The van der Waals surface area contributed by atoms with Crippen molar-refractivity contribution in [2.45, 2.75) is 41.9 Å². The third-order valence-electron chi connectivity index (χ3n) is 8.86. The number of phenols is 1. The highest BCUT2D eigenvalue weighted by Gasteiger charge is 2.76. The molecule has 4 aliphatic rings. The number of carbonyl (C=O) groups excluding carboxylic acids is 4. The molecule has 9 heteroatoms. The Kier molecular flexibility index (Phi) is 5.57.